The fourth-order valence-corrected chi connectivity index (χ4v) is 12.9. The Labute approximate surface area is 479 Å². The number of hydrogen-bond acceptors (Lipinski definition) is 14. The molecule has 4 aliphatic carbocycles. The lowest BCUT2D eigenvalue weighted by molar-refractivity contribution is -0.168. The van der Waals surface area contributed by atoms with Crippen LogP contribution in [0.2, 0.25) is 0 Å². The van der Waals surface area contributed by atoms with E-state index in [9.17, 15) is 38.4 Å². The van der Waals surface area contributed by atoms with E-state index >= 15 is 9.59 Å². The number of nitrogens with two attached hydrogens (primary N) is 4. The number of primary amides is 1. The third-order valence-corrected chi connectivity index (χ3v) is 16.4. The van der Waals surface area contributed by atoms with Crippen LogP contribution in [0.5, 0.6) is 5.75 Å². The summed E-state index contributed by atoms with van der Waals surface area (Å²) in [4.78, 5) is 144. The molecule has 2 aromatic rings. The first kappa shape index (κ1) is 63.7. The second-order valence-electron chi connectivity index (χ2n) is 23.1. The van der Waals surface area contributed by atoms with Gasteiger partial charge >= 0.3 is 0 Å². The average molecular weight is 1140 g/mol. The van der Waals surface area contributed by atoms with E-state index in [1.807, 2.05) is 6.92 Å². The highest BCUT2D eigenvalue weighted by molar-refractivity contribution is 6.08. The number of nitrogens with one attached hydrogen (secondary N) is 7. The summed E-state index contributed by atoms with van der Waals surface area (Å²) in [6.45, 7) is 8.80. The van der Waals surface area contributed by atoms with E-state index in [1.165, 1.54) is 4.90 Å². The second kappa shape index (κ2) is 29.0. The number of guanidine groups is 1. The molecular formula is C58H85N13O11. The molecule has 4 saturated carbocycles. The van der Waals surface area contributed by atoms with E-state index in [0.29, 0.717) is 50.0 Å². The van der Waals surface area contributed by atoms with Gasteiger partial charge in [0.15, 0.2) is 5.96 Å². The predicted octanol–water partition coefficient (Wildman–Crippen LogP) is 0.263. The van der Waals surface area contributed by atoms with Crippen molar-refractivity contribution in [3.8, 4) is 5.75 Å². The largest absolute Gasteiger partial charge is 0.494 e. The summed E-state index contributed by atoms with van der Waals surface area (Å²) in [6.07, 6.45) is 4.44. The van der Waals surface area contributed by atoms with E-state index in [0.717, 1.165) is 36.6 Å². The van der Waals surface area contributed by atoms with Gasteiger partial charge in [-0.15, -0.1) is 0 Å². The Kier molecular flexibility index (Phi) is 22.5. The molecule has 7 rings (SSSR count). The van der Waals surface area contributed by atoms with Crippen molar-refractivity contribution in [2.75, 3.05) is 19.7 Å². The van der Waals surface area contributed by atoms with Crippen LogP contribution in [0.1, 0.15) is 123 Å². The summed E-state index contributed by atoms with van der Waals surface area (Å²) < 4.78 is 5.52. The van der Waals surface area contributed by atoms with Gasteiger partial charge in [0.1, 0.15) is 42.0 Å². The van der Waals surface area contributed by atoms with Crippen molar-refractivity contribution < 1.29 is 52.7 Å². The van der Waals surface area contributed by atoms with Crippen molar-refractivity contribution in [1.82, 2.24) is 41.7 Å². The van der Waals surface area contributed by atoms with Crippen molar-refractivity contribution in [3.05, 3.63) is 65.7 Å². The maximum absolute atomic E-state index is 15.3. The molecule has 4 bridgehead atoms. The molecule has 1 unspecified atom stereocenters. The van der Waals surface area contributed by atoms with E-state index in [4.69, 9.17) is 33.1 Å². The number of benzene rings is 2. The van der Waals surface area contributed by atoms with Crippen molar-refractivity contribution >= 4 is 65.0 Å². The third-order valence-electron chi connectivity index (χ3n) is 16.4. The fraction of sp³-hybridized carbons (Fsp3) is 0.603. The molecule has 2 aromatic carbocycles. The SMILES string of the molecule is CCOc1ccc(C[C@H](N)C(=O)N[C@@H](Cc2ccccc2)C(=O)N[C@H](C(=O)N[C@@H](CC(N)=O)C(=O)NC(=O)[C@@H](N(C(C)=O)C(=O)[C@H](CCCNC(=N)N)NC(=O)[C@@H]2CCCN2C(=O)C(N)CC)C23CC4CC(CC(C4)C2)C3)C(C)C)cc1. The number of imide groups is 2. The highest BCUT2D eigenvalue weighted by Gasteiger charge is 2.59. The van der Waals surface area contributed by atoms with Crippen LogP contribution < -0.4 is 59.6 Å². The summed E-state index contributed by atoms with van der Waals surface area (Å²) in [5, 5.41) is 23.4. The van der Waals surface area contributed by atoms with Crippen LogP contribution in [-0.4, -0.2) is 143 Å². The van der Waals surface area contributed by atoms with Crippen molar-refractivity contribution in [3.63, 3.8) is 0 Å². The monoisotopic (exact) mass is 1140 g/mol. The molecule has 5 fully saturated rings. The summed E-state index contributed by atoms with van der Waals surface area (Å²) in [5.41, 5.74) is 24.1. The number of ether oxygens (including phenoxy) is 1. The molecule has 1 aliphatic heterocycles. The van der Waals surface area contributed by atoms with E-state index < -0.39 is 125 Å². The molecule has 15 N–H and O–H groups in total. The Morgan fingerprint density at radius 2 is 1.34 bits per heavy atom. The molecule has 24 nitrogen and oxygen atoms in total. The minimum atomic E-state index is -1.82. The number of rotatable bonds is 28. The fourth-order valence-electron chi connectivity index (χ4n) is 12.9. The van der Waals surface area contributed by atoms with Crippen LogP contribution in [0.4, 0.5) is 0 Å². The Morgan fingerprint density at radius 1 is 0.732 bits per heavy atom. The number of nitrogens with zero attached hydrogens (tertiary/aromatic N) is 2. The highest BCUT2D eigenvalue weighted by Crippen LogP contribution is 2.62. The zero-order valence-corrected chi connectivity index (χ0v) is 47.8. The normalized spacial score (nSPS) is 22.2. The van der Waals surface area contributed by atoms with Gasteiger partial charge in [-0.05, 0) is 131 Å². The van der Waals surface area contributed by atoms with E-state index in [1.54, 1.807) is 75.4 Å². The van der Waals surface area contributed by atoms with Crippen LogP contribution in [0.15, 0.2) is 54.6 Å². The Hall–Kier alpha value is -7.47. The molecule has 24 heteroatoms. The maximum atomic E-state index is 15.3. The molecule has 10 amide bonds. The Balaban J connectivity index is 1.25. The molecule has 8 atom stereocenters. The first-order valence-electron chi connectivity index (χ1n) is 28.8. The smallest absolute Gasteiger partial charge is 0.252 e. The lowest BCUT2D eigenvalue weighted by atomic mass is 9.47. The first-order chi connectivity index (χ1) is 38.9. The van der Waals surface area contributed by atoms with Gasteiger partial charge in [0.2, 0.25) is 53.2 Å². The number of likely N-dealkylation sites (tertiary alicyclic amines) is 1. The van der Waals surface area contributed by atoms with Gasteiger partial charge in [0, 0.05) is 31.8 Å². The molecule has 5 aliphatic rings. The topological polar surface area (TPSA) is 387 Å². The third kappa shape index (κ3) is 16.6. The zero-order chi connectivity index (χ0) is 60.0. The number of carbonyl (C=O) groups is 10. The summed E-state index contributed by atoms with van der Waals surface area (Å²) >= 11 is 0. The van der Waals surface area contributed by atoms with Gasteiger partial charge in [-0.25, -0.2) is 0 Å². The van der Waals surface area contributed by atoms with Crippen molar-refractivity contribution in [2.45, 2.75) is 173 Å². The van der Waals surface area contributed by atoms with Gasteiger partial charge < -0.3 is 59.2 Å². The van der Waals surface area contributed by atoms with Crippen molar-refractivity contribution in [2.24, 2.45) is 52.0 Å². The Morgan fingerprint density at radius 3 is 1.90 bits per heavy atom. The number of hydrogen-bond donors (Lipinski definition) is 11. The van der Waals surface area contributed by atoms with Gasteiger partial charge in [-0.1, -0.05) is 63.2 Å². The summed E-state index contributed by atoms with van der Waals surface area (Å²) in [6, 6.07) is 5.49. The highest BCUT2D eigenvalue weighted by atomic mass is 16.5. The molecule has 1 heterocycles. The van der Waals surface area contributed by atoms with E-state index in [2.05, 4.69) is 31.9 Å². The van der Waals surface area contributed by atoms with Gasteiger partial charge in [-0.3, -0.25) is 63.6 Å². The molecule has 0 spiro atoms. The minimum Gasteiger partial charge on any atom is -0.494 e. The van der Waals surface area contributed by atoms with E-state index in [-0.39, 0.29) is 68.9 Å². The molecule has 1 saturated heterocycles. The molecule has 0 radical (unpaired) electrons. The quantitative estimate of drug-likeness (QED) is 0.0309. The van der Waals surface area contributed by atoms with Gasteiger partial charge in [0.05, 0.1) is 25.1 Å². The van der Waals surface area contributed by atoms with Crippen LogP contribution >= 0.6 is 0 Å². The van der Waals surface area contributed by atoms with Gasteiger partial charge in [0.25, 0.3) is 5.91 Å². The summed E-state index contributed by atoms with van der Waals surface area (Å²) in [5.74, 6) is -8.41. The predicted molar refractivity (Wildman–Crippen MR) is 303 cm³/mol. The number of carbonyl (C=O) groups excluding carboxylic acids is 10. The number of amides is 10. The molecule has 448 valence electrons. The van der Waals surface area contributed by atoms with Crippen LogP contribution in [0, 0.1) is 34.5 Å². The average Bonchev–Trinajstić information content (AvgIpc) is 1.41. The molecular weight excluding hydrogens is 1050 g/mol. The Bertz CT molecular complexity index is 2620. The first-order valence-corrected chi connectivity index (χ1v) is 28.8. The van der Waals surface area contributed by atoms with Crippen LogP contribution in [0.3, 0.4) is 0 Å². The van der Waals surface area contributed by atoms with Crippen LogP contribution in [0.25, 0.3) is 0 Å². The standard InChI is InChI=1S/C58H85N13O11/c1-6-40(59)55(80)70-22-12-16-45(70)52(77)65-42(15-11-21-64-57(62)63)56(81)71(33(5)72)48(58-29-36-23-37(30-58)25-38(24-36)31-58)54(79)69-51(76)44(28-46(61)73)67-53(78)47(32(3)4)68-50(75)43(27-34-13-9-8-10-14-34)66-49(74)41(60)26-35-17-19-39(20-18-35)82-7-2/h8-10,13-14,17-20,32,36-38,40-45,47-48H,6-7,11-12,15-16,21-31,59-60H2,1-5H3,(H2,61,73)(H,65,77)(H,66,74)(H,67,78)(H,68,75)(H4,62,63,64)(H,69,76,79)/t36?,37?,38?,40?,41-,42-,43-,44-,45-,47-,48+,58?/m0/s1. The molecule has 82 heavy (non-hydrogen) atoms. The zero-order valence-electron chi connectivity index (χ0n) is 47.8. The van der Waals surface area contributed by atoms with Gasteiger partial charge in [-0.2, -0.15) is 0 Å². The van der Waals surface area contributed by atoms with Crippen LogP contribution in [-0.2, 0) is 60.8 Å². The summed E-state index contributed by atoms with van der Waals surface area (Å²) in [7, 11) is 0. The second-order valence-corrected chi connectivity index (χ2v) is 23.1. The lowest BCUT2D eigenvalue weighted by Crippen LogP contribution is -2.67. The molecule has 0 aromatic heterocycles. The maximum Gasteiger partial charge on any atom is 0.252 e. The minimum absolute atomic E-state index is 0.00133. The lowest BCUT2D eigenvalue weighted by Gasteiger charge is -2.60. The van der Waals surface area contributed by atoms with Crippen molar-refractivity contribution in [1.29, 1.82) is 5.41 Å².